The molecule has 0 spiro atoms. The molecule has 1 aromatic carbocycles. The number of nitrogen functional groups attached to an aromatic ring is 1. The molecule has 2 rings (SSSR count). The fourth-order valence-corrected chi connectivity index (χ4v) is 1.88. The minimum Gasteiger partial charge on any atom is -0.397 e. The molecule has 1 heterocycles. The number of hydrogen-bond acceptors (Lipinski definition) is 3. The first-order chi connectivity index (χ1) is 9.61. The van der Waals surface area contributed by atoms with Crippen molar-refractivity contribution in [2.45, 2.75) is 13.3 Å². The van der Waals surface area contributed by atoms with Crippen LogP contribution in [0.15, 0.2) is 24.3 Å². The van der Waals surface area contributed by atoms with Crippen molar-refractivity contribution in [3.8, 4) is 0 Å². The van der Waals surface area contributed by atoms with Crippen molar-refractivity contribution in [3.05, 3.63) is 30.0 Å². The van der Waals surface area contributed by atoms with Crippen molar-refractivity contribution in [2.75, 3.05) is 18.8 Å². The molecule has 1 aromatic heterocycles. The third-order valence-electron chi connectivity index (χ3n) is 2.91. The van der Waals surface area contributed by atoms with Gasteiger partial charge in [-0.15, -0.1) is 0 Å². The Kier molecular flexibility index (Phi) is 4.24. The Morgan fingerprint density at radius 2 is 2.10 bits per heavy atom. The molecule has 0 aliphatic carbocycles. The molecule has 0 fully saturated rings. The van der Waals surface area contributed by atoms with Gasteiger partial charge in [0, 0.05) is 11.9 Å². The molecule has 0 saturated carbocycles. The predicted molar refractivity (Wildman–Crippen MR) is 78.3 cm³/mol. The van der Waals surface area contributed by atoms with Gasteiger partial charge in [0.2, 0.25) is 5.91 Å². The lowest BCUT2D eigenvalue weighted by Crippen LogP contribution is -2.37. The van der Waals surface area contributed by atoms with Crippen molar-refractivity contribution >= 4 is 28.4 Å². The first kappa shape index (κ1) is 13.9. The minimum absolute atomic E-state index is 0.0380. The lowest BCUT2D eigenvalue weighted by Gasteiger charge is -2.04. The fourth-order valence-electron chi connectivity index (χ4n) is 1.88. The highest BCUT2D eigenvalue weighted by Gasteiger charge is 2.11. The molecule has 6 heteroatoms. The van der Waals surface area contributed by atoms with Crippen molar-refractivity contribution in [1.82, 2.24) is 15.6 Å². The molecule has 0 radical (unpaired) electrons. The maximum absolute atomic E-state index is 11.9. The highest BCUT2D eigenvalue weighted by Crippen LogP contribution is 2.20. The van der Waals surface area contributed by atoms with Crippen LogP contribution in [0.25, 0.3) is 10.9 Å². The summed E-state index contributed by atoms with van der Waals surface area (Å²) in [6.45, 7) is 2.54. The topological polar surface area (TPSA) is 100 Å². The second-order valence-electron chi connectivity index (χ2n) is 4.53. The Morgan fingerprint density at radius 3 is 2.80 bits per heavy atom. The van der Waals surface area contributed by atoms with E-state index in [9.17, 15) is 9.59 Å². The predicted octanol–water partition coefficient (Wildman–Crippen LogP) is 1.01. The summed E-state index contributed by atoms with van der Waals surface area (Å²) in [4.78, 5) is 26.3. The van der Waals surface area contributed by atoms with Gasteiger partial charge in [-0.2, -0.15) is 0 Å². The number of fused-ring (bicyclic) bond motifs is 1. The summed E-state index contributed by atoms with van der Waals surface area (Å²) in [5.74, 6) is -0.525. The van der Waals surface area contributed by atoms with Gasteiger partial charge in [0.15, 0.2) is 0 Å². The first-order valence-electron chi connectivity index (χ1n) is 6.54. The quantitative estimate of drug-likeness (QED) is 0.612. The third kappa shape index (κ3) is 3.09. The van der Waals surface area contributed by atoms with Gasteiger partial charge in [0.25, 0.3) is 5.91 Å². The number of amides is 2. The smallest absolute Gasteiger partial charge is 0.268 e. The number of nitrogens with two attached hydrogens (primary N) is 1. The van der Waals surface area contributed by atoms with Crippen LogP contribution in [0.1, 0.15) is 23.8 Å². The number of aromatic amines is 1. The molecule has 2 aromatic rings. The second-order valence-corrected chi connectivity index (χ2v) is 4.53. The van der Waals surface area contributed by atoms with Crippen molar-refractivity contribution in [1.29, 1.82) is 0 Å². The Balaban J connectivity index is 2.01. The number of anilines is 1. The average molecular weight is 274 g/mol. The van der Waals surface area contributed by atoms with Gasteiger partial charge >= 0.3 is 0 Å². The zero-order valence-electron chi connectivity index (χ0n) is 11.3. The largest absolute Gasteiger partial charge is 0.397 e. The molecule has 0 atom stereocenters. The molecular formula is C14H18N4O2. The maximum atomic E-state index is 11.9. The van der Waals surface area contributed by atoms with Crippen LogP contribution in [-0.2, 0) is 4.79 Å². The van der Waals surface area contributed by atoms with Gasteiger partial charge < -0.3 is 21.4 Å². The molecule has 0 unspecified atom stereocenters. The number of rotatable bonds is 5. The van der Waals surface area contributed by atoms with E-state index in [1.165, 1.54) is 0 Å². The molecule has 0 saturated heterocycles. The van der Waals surface area contributed by atoms with Gasteiger partial charge in [-0.3, -0.25) is 9.59 Å². The molecule has 5 N–H and O–H groups in total. The lowest BCUT2D eigenvalue weighted by atomic mass is 10.2. The SMILES string of the molecule is CCCNC(=O)CNC(=O)c1cc2cccc(N)c2[nH]1. The van der Waals surface area contributed by atoms with Crippen molar-refractivity contribution in [2.24, 2.45) is 0 Å². The first-order valence-corrected chi connectivity index (χ1v) is 6.54. The van der Waals surface area contributed by atoms with Crippen LogP contribution < -0.4 is 16.4 Å². The summed E-state index contributed by atoms with van der Waals surface area (Å²) in [6, 6.07) is 7.17. The van der Waals surface area contributed by atoms with Crippen LogP contribution in [0.2, 0.25) is 0 Å². The number of benzene rings is 1. The number of carbonyl (C=O) groups is 2. The van der Waals surface area contributed by atoms with Gasteiger partial charge in [-0.25, -0.2) is 0 Å². The fraction of sp³-hybridized carbons (Fsp3) is 0.286. The van der Waals surface area contributed by atoms with Gasteiger partial charge in [-0.05, 0) is 18.6 Å². The van der Waals surface area contributed by atoms with E-state index >= 15 is 0 Å². The summed E-state index contributed by atoms with van der Waals surface area (Å²) in [7, 11) is 0. The normalized spacial score (nSPS) is 10.4. The zero-order chi connectivity index (χ0) is 14.5. The Bertz CT molecular complexity index is 633. The Morgan fingerprint density at radius 1 is 1.30 bits per heavy atom. The molecule has 2 amide bonds. The van der Waals surface area contributed by atoms with Crippen LogP contribution >= 0.6 is 0 Å². The molecule has 106 valence electrons. The third-order valence-corrected chi connectivity index (χ3v) is 2.91. The lowest BCUT2D eigenvalue weighted by molar-refractivity contribution is -0.120. The van der Waals surface area contributed by atoms with Crippen LogP contribution in [0.5, 0.6) is 0 Å². The van der Waals surface area contributed by atoms with Crippen molar-refractivity contribution in [3.63, 3.8) is 0 Å². The number of nitrogens with one attached hydrogen (secondary N) is 3. The average Bonchev–Trinajstić information content (AvgIpc) is 2.88. The van der Waals surface area contributed by atoms with Gasteiger partial charge in [0.05, 0.1) is 17.7 Å². The number of H-pyrrole nitrogens is 1. The van der Waals surface area contributed by atoms with Crippen molar-refractivity contribution < 1.29 is 9.59 Å². The minimum atomic E-state index is -0.327. The molecule has 20 heavy (non-hydrogen) atoms. The highest BCUT2D eigenvalue weighted by molar-refractivity contribution is 6.01. The summed E-state index contributed by atoms with van der Waals surface area (Å²) in [5, 5.41) is 6.12. The highest BCUT2D eigenvalue weighted by atomic mass is 16.2. The summed E-state index contributed by atoms with van der Waals surface area (Å²) < 4.78 is 0. The second kappa shape index (κ2) is 6.10. The van der Waals surface area contributed by atoms with E-state index in [4.69, 9.17) is 5.73 Å². The number of para-hydroxylation sites is 1. The van der Waals surface area contributed by atoms with Crippen LogP contribution in [0, 0.1) is 0 Å². The van der Waals surface area contributed by atoms with E-state index in [0.29, 0.717) is 17.9 Å². The van der Waals surface area contributed by atoms with E-state index in [1.807, 2.05) is 19.1 Å². The number of hydrogen-bond donors (Lipinski definition) is 4. The summed E-state index contributed by atoms with van der Waals surface area (Å²) in [6.07, 6.45) is 0.862. The maximum Gasteiger partial charge on any atom is 0.268 e. The Labute approximate surface area is 116 Å². The van der Waals surface area contributed by atoms with Gasteiger partial charge in [0.1, 0.15) is 5.69 Å². The van der Waals surface area contributed by atoms with E-state index in [1.54, 1.807) is 12.1 Å². The number of aromatic nitrogens is 1. The van der Waals surface area contributed by atoms with E-state index in [2.05, 4.69) is 15.6 Å². The Hall–Kier alpha value is -2.50. The zero-order valence-corrected chi connectivity index (χ0v) is 11.3. The number of carbonyl (C=O) groups excluding carboxylic acids is 2. The van der Waals surface area contributed by atoms with E-state index < -0.39 is 0 Å². The molecule has 0 bridgehead atoms. The van der Waals surface area contributed by atoms with E-state index in [0.717, 1.165) is 17.3 Å². The molecule has 0 aliphatic rings. The molecular weight excluding hydrogens is 256 g/mol. The van der Waals surface area contributed by atoms with Crippen LogP contribution in [-0.4, -0.2) is 29.9 Å². The van der Waals surface area contributed by atoms with Gasteiger partial charge in [-0.1, -0.05) is 19.1 Å². The summed E-state index contributed by atoms with van der Waals surface area (Å²) >= 11 is 0. The molecule has 6 nitrogen and oxygen atoms in total. The standard InChI is InChI=1S/C14H18N4O2/c1-2-6-16-12(19)8-17-14(20)11-7-9-4-3-5-10(15)13(9)18-11/h3-5,7,18H,2,6,8,15H2,1H3,(H,16,19)(H,17,20). The summed E-state index contributed by atoms with van der Waals surface area (Å²) in [5.41, 5.74) is 7.52. The van der Waals surface area contributed by atoms with Crippen LogP contribution in [0.3, 0.4) is 0 Å². The van der Waals surface area contributed by atoms with E-state index in [-0.39, 0.29) is 18.4 Å². The monoisotopic (exact) mass is 274 g/mol. The molecule has 0 aliphatic heterocycles. The van der Waals surface area contributed by atoms with Crippen LogP contribution in [0.4, 0.5) is 5.69 Å².